The molecule has 4 atom stereocenters. The lowest BCUT2D eigenvalue weighted by molar-refractivity contribution is -0.146. The van der Waals surface area contributed by atoms with Gasteiger partial charge >= 0.3 is 18.2 Å². The number of nitrogens with zero attached hydrogens (tertiary/aromatic N) is 11. The van der Waals surface area contributed by atoms with Gasteiger partial charge in [-0.25, -0.2) is 24.4 Å². The number of pyridine rings is 2. The molecule has 2 N–H and O–H groups in total. The van der Waals surface area contributed by atoms with Crippen LogP contribution in [0.1, 0.15) is 134 Å². The van der Waals surface area contributed by atoms with E-state index in [-0.39, 0.29) is 31.1 Å². The van der Waals surface area contributed by atoms with Crippen molar-refractivity contribution >= 4 is 79.1 Å². The highest BCUT2D eigenvalue weighted by Gasteiger charge is 2.45. The first-order valence-electron chi connectivity index (χ1n) is 33.9. The molecular formula is C76H90Br2Cl2N12O7. The SMILES string of the molecule is CC(C)(C)OC(=O)N1CCN([C@@H]2c3ccc(Cl)cc3CCc3cc(Br)cnc32)C[C@@H]1C(=O)O.Cc1cn(CCCN(Cc2ccccc2)C(=O)[C@H]2CN([C@@H]3c4ccc(Cl)cc4CCc4cc(Br)cnc43)CCN2C(=O)OC(C)(C)C)cn1.Cc1cn(CCCNCc2ccccc2)cn1. The number of carbonyl (C=O) groups is 4. The number of carboxylic acid groups (broad SMARTS) is 1. The third-order valence-electron chi connectivity index (χ3n) is 17.8. The van der Waals surface area contributed by atoms with Crippen molar-refractivity contribution in [3.05, 3.63) is 233 Å². The van der Waals surface area contributed by atoms with Crippen molar-refractivity contribution in [1.29, 1.82) is 0 Å². The molecule has 19 nitrogen and oxygen atoms in total. The zero-order valence-electron chi connectivity index (χ0n) is 57.7. The standard InChI is InChI=1S/C38H44BrClN6O3.C24H27BrClN3O4.C14H19N3/c1-26-22-43(25-42-26)15-8-16-45(23-27-9-6-5-7-10-27)36(47)33-24-44(17-18-46(33)37(48)49-38(2,3)4)35-32-14-13-31(40)20-28(32)11-12-29-19-30(39)21-41-34(29)35;1-24(2,3)33-23(32)29-9-8-28(13-19(29)22(30)31)21-18-7-6-17(26)11-14(18)4-5-15-10-16(25)12-27-20(15)21;1-13-11-17(12-16-13)9-5-8-15-10-14-6-3-2-4-7-14/h5-7,9-10,13-14,19-22,25,33,35H,8,11-12,15-18,23-24H2,1-4H3;6-7,10-12,19,21H,4-5,8-9,13H2,1-3H3,(H,30,31);2-4,6-7,11-12,15H,5,8-10H2,1H3/t33-,35-;19-,21-;/m11./s1. The molecular weight excluding hydrogens is 1420 g/mol. The van der Waals surface area contributed by atoms with Crippen LogP contribution in [-0.2, 0) is 70.9 Å². The van der Waals surface area contributed by atoms with Gasteiger partial charge in [0.1, 0.15) is 23.3 Å². The molecule has 4 aromatic carbocycles. The average Bonchev–Trinajstić information content (AvgIpc) is 1.75. The molecule has 4 aliphatic rings. The number of carboxylic acids is 1. The van der Waals surface area contributed by atoms with Gasteiger partial charge < -0.3 is 33.9 Å². The molecule has 2 aliphatic carbocycles. The van der Waals surface area contributed by atoms with Crippen LogP contribution < -0.4 is 5.32 Å². The van der Waals surface area contributed by atoms with Crippen LogP contribution in [0.15, 0.2) is 156 Å². The number of carbonyl (C=O) groups excluding carboxylic acids is 3. The maximum absolute atomic E-state index is 14.9. The maximum Gasteiger partial charge on any atom is 0.411 e. The molecule has 99 heavy (non-hydrogen) atoms. The molecule has 4 aromatic heterocycles. The molecule has 2 fully saturated rings. The number of aromatic nitrogens is 6. The van der Waals surface area contributed by atoms with Crippen molar-refractivity contribution in [3.8, 4) is 0 Å². The minimum absolute atomic E-state index is 0.102. The fraction of sp³-hybridized carbons (Fsp3) is 0.421. The van der Waals surface area contributed by atoms with Gasteiger partial charge in [0.25, 0.3) is 0 Å². The molecule has 0 unspecified atom stereocenters. The Morgan fingerprint density at radius 3 is 1.51 bits per heavy atom. The summed E-state index contributed by atoms with van der Waals surface area (Å²) < 4.78 is 17.4. The number of imidazole rings is 2. The number of ether oxygens (including phenoxy) is 2. The minimum atomic E-state index is -1.06. The number of nitrogens with one attached hydrogen (secondary N) is 1. The minimum Gasteiger partial charge on any atom is -0.480 e. The average molecular weight is 1510 g/mol. The van der Waals surface area contributed by atoms with E-state index >= 15 is 0 Å². The highest BCUT2D eigenvalue weighted by atomic mass is 79.9. The Morgan fingerprint density at radius 1 is 0.586 bits per heavy atom. The van der Waals surface area contributed by atoms with E-state index in [2.05, 4.69) is 115 Å². The molecule has 2 saturated heterocycles. The van der Waals surface area contributed by atoms with E-state index in [0.717, 1.165) is 130 Å². The van der Waals surface area contributed by atoms with Crippen LogP contribution in [-0.4, -0.2) is 158 Å². The summed E-state index contributed by atoms with van der Waals surface area (Å²) in [5.41, 5.74) is 11.7. The Kier molecular flexibility index (Phi) is 25.3. The van der Waals surface area contributed by atoms with Gasteiger partial charge in [-0.1, -0.05) is 96.0 Å². The van der Waals surface area contributed by atoms with Gasteiger partial charge in [0.15, 0.2) is 0 Å². The van der Waals surface area contributed by atoms with Gasteiger partial charge in [-0.3, -0.25) is 34.4 Å². The predicted molar refractivity (Wildman–Crippen MR) is 393 cm³/mol. The van der Waals surface area contributed by atoms with Crippen molar-refractivity contribution in [1.82, 2.24) is 58.9 Å². The Labute approximate surface area is 608 Å². The number of hydrogen-bond acceptors (Lipinski definition) is 13. The predicted octanol–water partition coefficient (Wildman–Crippen LogP) is 14.3. The highest BCUT2D eigenvalue weighted by molar-refractivity contribution is 9.10. The van der Waals surface area contributed by atoms with E-state index in [4.69, 9.17) is 42.6 Å². The summed E-state index contributed by atoms with van der Waals surface area (Å²) in [5, 5.41) is 14.8. The van der Waals surface area contributed by atoms with E-state index in [0.29, 0.717) is 49.3 Å². The quantitative estimate of drug-likeness (QED) is 0.0867. The second-order valence-electron chi connectivity index (χ2n) is 27.7. The van der Waals surface area contributed by atoms with Gasteiger partial charge in [0.2, 0.25) is 5.91 Å². The summed E-state index contributed by atoms with van der Waals surface area (Å²) in [5.74, 6) is -1.16. The molecule has 8 aromatic rings. The van der Waals surface area contributed by atoms with Gasteiger partial charge in [-0.15, -0.1) is 0 Å². The number of piperazine rings is 2. The number of rotatable bonds is 16. The number of amides is 3. The summed E-state index contributed by atoms with van der Waals surface area (Å²) in [4.78, 5) is 81.2. The molecule has 0 spiro atoms. The fourth-order valence-corrected chi connectivity index (χ4v) is 14.4. The van der Waals surface area contributed by atoms with Gasteiger partial charge in [-0.2, -0.15) is 0 Å². The van der Waals surface area contributed by atoms with Crippen molar-refractivity contribution in [2.24, 2.45) is 0 Å². The highest BCUT2D eigenvalue weighted by Crippen LogP contribution is 2.41. The van der Waals surface area contributed by atoms with E-state index in [1.54, 1.807) is 31.9 Å². The molecule has 2 aliphatic heterocycles. The summed E-state index contributed by atoms with van der Waals surface area (Å²) in [6.45, 7) is 21.7. The van der Waals surface area contributed by atoms with Crippen LogP contribution >= 0.6 is 55.1 Å². The molecule has 3 amide bonds. The Balaban J connectivity index is 0.000000181. The molecule has 12 rings (SSSR count). The van der Waals surface area contributed by atoms with Crippen LogP contribution in [0, 0.1) is 13.8 Å². The Hall–Kier alpha value is -7.50. The van der Waals surface area contributed by atoms with Gasteiger partial charge in [0, 0.05) is 116 Å². The van der Waals surface area contributed by atoms with E-state index in [1.807, 2.05) is 131 Å². The first kappa shape index (κ1) is 74.2. The normalized spacial score (nSPS) is 17.7. The van der Waals surface area contributed by atoms with Crippen molar-refractivity contribution < 1.29 is 33.8 Å². The number of fused-ring (bicyclic) bond motifs is 4. The lowest BCUT2D eigenvalue weighted by atomic mass is 9.95. The Morgan fingerprint density at radius 2 is 1.04 bits per heavy atom. The van der Waals surface area contributed by atoms with Crippen LogP contribution in [0.3, 0.4) is 0 Å². The molecule has 6 heterocycles. The van der Waals surface area contributed by atoms with Crippen LogP contribution in [0.25, 0.3) is 0 Å². The van der Waals surface area contributed by atoms with Gasteiger partial charge in [0.05, 0.1) is 47.5 Å². The summed E-state index contributed by atoms with van der Waals surface area (Å²) >= 11 is 19.9. The first-order valence-corrected chi connectivity index (χ1v) is 36.3. The fourth-order valence-electron chi connectivity index (χ4n) is 13.3. The van der Waals surface area contributed by atoms with E-state index < -0.39 is 41.4 Å². The zero-order valence-corrected chi connectivity index (χ0v) is 62.4. The van der Waals surface area contributed by atoms with E-state index in [9.17, 15) is 24.3 Å². The summed E-state index contributed by atoms with van der Waals surface area (Å²) in [6.07, 6.45) is 15.5. The van der Waals surface area contributed by atoms with Crippen molar-refractivity contribution in [2.45, 2.75) is 155 Å². The second-order valence-corrected chi connectivity index (χ2v) is 30.4. The molecule has 23 heteroatoms. The zero-order chi connectivity index (χ0) is 70.5. The number of benzene rings is 4. The number of aliphatic carboxylic acids is 1. The van der Waals surface area contributed by atoms with Crippen molar-refractivity contribution in [3.63, 3.8) is 0 Å². The lowest BCUT2D eigenvalue weighted by Gasteiger charge is -2.45. The molecule has 524 valence electrons. The van der Waals surface area contributed by atoms with Gasteiger partial charge in [-0.05, 0) is 213 Å². The number of hydrogen-bond donors (Lipinski definition) is 2. The van der Waals surface area contributed by atoms with Crippen LogP contribution in [0.5, 0.6) is 0 Å². The molecule has 0 radical (unpaired) electrons. The molecule has 0 saturated carbocycles. The van der Waals surface area contributed by atoms with Crippen LogP contribution in [0.4, 0.5) is 9.59 Å². The summed E-state index contributed by atoms with van der Waals surface area (Å²) in [7, 11) is 0. The monoisotopic (exact) mass is 1510 g/mol. The third-order valence-corrected chi connectivity index (χ3v) is 19.1. The third kappa shape index (κ3) is 20.4. The number of halogens is 4. The molecule has 0 bridgehead atoms. The Bertz CT molecular complexity index is 3960. The smallest absolute Gasteiger partial charge is 0.411 e. The van der Waals surface area contributed by atoms with E-state index in [1.165, 1.54) is 16.0 Å². The summed E-state index contributed by atoms with van der Waals surface area (Å²) in [6, 6.07) is 34.4. The van der Waals surface area contributed by atoms with Crippen molar-refractivity contribution in [2.75, 3.05) is 52.4 Å². The van der Waals surface area contributed by atoms with Crippen LogP contribution in [0.2, 0.25) is 10.0 Å². The largest absolute Gasteiger partial charge is 0.480 e. The first-order chi connectivity index (χ1) is 47.3. The lowest BCUT2D eigenvalue weighted by Crippen LogP contribution is -2.62. The second kappa shape index (κ2) is 33.8. The number of aryl methyl sites for hydroxylation is 8. The maximum atomic E-state index is 14.9. The topological polar surface area (TPSA) is 197 Å².